The first-order chi connectivity index (χ1) is 9.89. The first-order valence-electron chi connectivity index (χ1n) is 6.34. The topological polar surface area (TPSA) is 130 Å². The highest BCUT2D eigenvalue weighted by atomic mass is 32.2. The van der Waals surface area contributed by atoms with Crippen molar-refractivity contribution in [3.63, 3.8) is 0 Å². The highest BCUT2D eigenvalue weighted by molar-refractivity contribution is 7.89. The fraction of sp³-hybridized carbons (Fsp3) is 0.545. The predicted molar refractivity (Wildman–Crippen MR) is 69.1 cm³/mol. The van der Waals surface area contributed by atoms with Crippen LogP contribution in [0.5, 0.6) is 0 Å². The van der Waals surface area contributed by atoms with Crippen LogP contribution >= 0.6 is 0 Å². The van der Waals surface area contributed by atoms with Crippen molar-refractivity contribution in [2.24, 2.45) is 0 Å². The van der Waals surface area contributed by atoms with Gasteiger partial charge in [0.15, 0.2) is 5.03 Å². The molecule has 0 aliphatic carbocycles. The SMILES string of the molecule is CCOC(=O)c1cn[nH]c1S(=O)(=O)N1CCC[C@H]1C(=O)O. The zero-order valence-corrected chi connectivity index (χ0v) is 12.1. The molecule has 116 valence electrons. The highest BCUT2D eigenvalue weighted by Gasteiger charge is 2.42. The normalized spacial score (nSPS) is 19.6. The van der Waals surface area contributed by atoms with E-state index in [1.165, 1.54) is 0 Å². The third kappa shape index (κ3) is 2.76. The van der Waals surface area contributed by atoms with Crippen molar-refractivity contribution in [2.75, 3.05) is 13.2 Å². The molecule has 2 heterocycles. The molecule has 1 aromatic rings. The number of carbonyl (C=O) groups excluding carboxylic acids is 1. The minimum atomic E-state index is -4.15. The molecule has 9 nitrogen and oxygen atoms in total. The molecule has 21 heavy (non-hydrogen) atoms. The van der Waals surface area contributed by atoms with Gasteiger partial charge in [-0.15, -0.1) is 0 Å². The van der Waals surface area contributed by atoms with E-state index in [4.69, 9.17) is 9.84 Å². The van der Waals surface area contributed by atoms with Gasteiger partial charge in [0.1, 0.15) is 11.6 Å². The van der Waals surface area contributed by atoms with Gasteiger partial charge in [-0.1, -0.05) is 0 Å². The Balaban J connectivity index is 2.39. The number of hydrogen-bond acceptors (Lipinski definition) is 6. The Morgan fingerprint density at radius 2 is 2.29 bits per heavy atom. The third-order valence-electron chi connectivity index (χ3n) is 3.16. The maximum absolute atomic E-state index is 12.5. The first-order valence-corrected chi connectivity index (χ1v) is 7.78. The molecule has 0 amide bonds. The fourth-order valence-corrected chi connectivity index (χ4v) is 3.93. The van der Waals surface area contributed by atoms with Crippen molar-refractivity contribution in [1.82, 2.24) is 14.5 Å². The number of aliphatic carboxylic acids is 1. The minimum Gasteiger partial charge on any atom is -0.480 e. The lowest BCUT2D eigenvalue weighted by Gasteiger charge is -2.20. The lowest BCUT2D eigenvalue weighted by Crippen LogP contribution is -2.41. The molecule has 0 saturated carbocycles. The minimum absolute atomic E-state index is 0.0839. The zero-order chi connectivity index (χ0) is 15.6. The van der Waals surface area contributed by atoms with E-state index < -0.39 is 33.0 Å². The van der Waals surface area contributed by atoms with Crippen LogP contribution in [0.2, 0.25) is 0 Å². The van der Waals surface area contributed by atoms with Crippen LogP contribution < -0.4 is 0 Å². The van der Waals surface area contributed by atoms with E-state index in [0.717, 1.165) is 10.5 Å². The Kier molecular flexibility index (Phi) is 4.28. The number of carboxylic acids is 1. The number of carboxylic acid groups (broad SMARTS) is 1. The molecule has 1 fully saturated rings. The lowest BCUT2D eigenvalue weighted by molar-refractivity contribution is -0.140. The summed E-state index contributed by atoms with van der Waals surface area (Å²) in [4.78, 5) is 22.8. The second kappa shape index (κ2) is 5.82. The fourth-order valence-electron chi connectivity index (χ4n) is 2.22. The number of hydrogen-bond donors (Lipinski definition) is 2. The number of carbonyl (C=O) groups is 2. The average Bonchev–Trinajstić information content (AvgIpc) is 3.08. The quantitative estimate of drug-likeness (QED) is 0.721. The molecule has 0 unspecified atom stereocenters. The molecule has 1 saturated heterocycles. The summed E-state index contributed by atoms with van der Waals surface area (Å²) >= 11 is 0. The summed E-state index contributed by atoms with van der Waals surface area (Å²) in [5, 5.41) is 14.4. The number of esters is 1. The van der Waals surface area contributed by atoms with Gasteiger partial charge in [0.25, 0.3) is 10.0 Å². The van der Waals surface area contributed by atoms with Gasteiger partial charge in [0.2, 0.25) is 0 Å². The van der Waals surface area contributed by atoms with Crippen LogP contribution in [-0.2, 0) is 19.6 Å². The zero-order valence-electron chi connectivity index (χ0n) is 11.3. The second-order valence-electron chi connectivity index (χ2n) is 4.45. The van der Waals surface area contributed by atoms with Gasteiger partial charge in [0, 0.05) is 6.54 Å². The summed E-state index contributed by atoms with van der Waals surface area (Å²) < 4.78 is 30.7. The van der Waals surface area contributed by atoms with E-state index in [2.05, 4.69) is 10.2 Å². The van der Waals surface area contributed by atoms with Crippen LogP contribution in [0.15, 0.2) is 11.2 Å². The van der Waals surface area contributed by atoms with E-state index in [1.54, 1.807) is 6.92 Å². The van der Waals surface area contributed by atoms with Crippen molar-refractivity contribution in [2.45, 2.75) is 30.8 Å². The molecule has 2 rings (SSSR count). The Morgan fingerprint density at radius 1 is 1.57 bits per heavy atom. The molecule has 1 aliphatic rings. The van der Waals surface area contributed by atoms with Gasteiger partial charge in [-0.3, -0.25) is 9.89 Å². The molecular formula is C11H15N3O6S. The van der Waals surface area contributed by atoms with E-state index in [-0.39, 0.29) is 25.1 Å². The maximum Gasteiger partial charge on any atom is 0.342 e. The molecule has 1 aromatic heterocycles. The summed E-state index contributed by atoms with van der Waals surface area (Å²) in [7, 11) is -4.15. The number of nitrogens with one attached hydrogen (secondary N) is 1. The van der Waals surface area contributed by atoms with Crippen LogP contribution in [0.25, 0.3) is 0 Å². The molecule has 10 heteroatoms. The number of rotatable bonds is 5. The van der Waals surface area contributed by atoms with Crippen LogP contribution in [0, 0.1) is 0 Å². The van der Waals surface area contributed by atoms with Crippen molar-refractivity contribution >= 4 is 22.0 Å². The largest absolute Gasteiger partial charge is 0.480 e. The molecule has 0 bridgehead atoms. The summed E-state index contributed by atoms with van der Waals surface area (Å²) in [5.41, 5.74) is -0.229. The van der Waals surface area contributed by atoms with Crippen LogP contribution in [-0.4, -0.2) is 59.2 Å². The average molecular weight is 317 g/mol. The number of aromatic nitrogens is 2. The van der Waals surface area contributed by atoms with Crippen molar-refractivity contribution in [3.05, 3.63) is 11.8 Å². The van der Waals surface area contributed by atoms with Crippen molar-refractivity contribution in [3.8, 4) is 0 Å². The Labute approximate surface area is 120 Å². The molecule has 1 aliphatic heterocycles. The number of H-pyrrole nitrogens is 1. The predicted octanol–water partition coefficient (Wildman–Crippen LogP) is -0.176. The third-order valence-corrected chi connectivity index (χ3v) is 5.04. The van der Waals surface area contributed by atoms with Gasteiger partial charge >= 0.3 is 11.9 Å². The van der Waals surface area contributed by atoms with E-state index in [0.29, 0.717) is 6.42 Å². The number of nitrogens with zero attached hydrogens (tertiary/aromatic N) is 2. The van der Waals surface area contributed by atoms with Crippen molar-refractivity contribution in [1.29, 1.82) is 0 Å². The van der Waals surface area contributed by atoms with Gasteiger partial charge < -0.3 is 9.84 Å². The molecular weight excluding hydrogens is 302 g/mol. The van der Waals surface area contributed by atoms with Gasteiger partial charge in [0.05, 0.1) is 12.8 Å². The van der Waals surface area contributed by atoms with Crippen molar-refractivity contribution < 1.29 is 27.9 Å². The Morgan fingerprint density at radius 3 is 2.90 bits per heavy atom. The number of aromatic amines is 1. The standard InChI is InChI=1S/C11H15N3O6S/c1-2-20-11(17)7-6-12-13-9(7)21(18,19)14-5-3-4-8(14)10(15)16/h6,8H,2-5H2,1H3,(H,12,13)(H,15,16)/t8-/m0/s1. The molecule has 0 radical (unpaired) electrons. The maximum atomic E-state index is 12.5. The molecule has 1 atom stereocenters. The summed E-state index contributed by atoms with van der Waals surface area (Å²) in [6.45, 7) is 1.76. The number of ether oxygens (including phenoxy) is 1. The van der Waals surface area contributed by atoms with Gasteiger partial charge in [-0.05, 0) is 19.8 Å². The van der Waals surface area contributed by atoms with Crippen LogP contribution in [0.3, 0.4) is 0 Å². The first kappa shape index (κ1) is 15.4. The summed E-state index contributed by atoms with van der Waals surface area (Å²) in [6, 6.07) is -1.13. The van der Waals surface area contributed by atoms with Gasteiger partial charge in [-0.25, -0.2) is 13.2 Å². The number of sulfonamides is 1. The smallest absolute Gasteiger partial charge is 0.342 e. The van der Waals surface area contributed by atoms with Crippen LogP contribution in [0.1, 0.15) is 30.1 Å². The second-order valence-corrected chi connectivity index (χ2v) is 6.27. The lowest BCUT2D eigenvalue weighted by atomic mass is 10.2. The van der Waals surface area contributed by atoms with E-state index in [1.807, 2.05) is 0 Å². The Bertz CT molecular complexity index is 653. The molecule has 0 aromatic carbocycles. The van der Waals surface area contributed by atoms with Crippen LogP contribution in [0.4, 0.5) is 0 Å². The molecule has 2 N–H and O–H groups in total. The Hall–Kier alpha value is -1.94. The monoisotopic (exact) mass is 317 g/mol. The van der Waals surface area contributed by atoms with Gasteiger partial charge in [-0.2, -0.15) is 9.40 Å². The van der Waals surface area contributed by atoms with E-state index in [9.17, 15) is 18.0 Å². The summed E-state index contributed by atoms with van der Waals surface area (Å²) in [5.74, 6) is -2.04. The highest BCUT2D eigenvalue weighted by Crippen LogP contribution is 2.27. The molecule has 0 spiro atoms. The van der Waals surface area contributed by atoms with E-state index >= 15 is 0 Å². The summed E-state index contributed by atoms with van der Waals surface area (Å²) in [6.07, 6.45) is 1.73.